The number of imidazole rings is 1. The Bertz CT molecular complexity index is 1290. The van der Waals surface area contributed by atoms with Crippen LogP contribution in [-0.2, 0) is 0 Å². The lowest BCUT2D eigenvalue weighted by Crippen LogP contribution is -2.28. The molecule has 4 aromatic rings. The monoisotopic (exact) mass is 395 g/mol. The molecule has 3 aromatic carbocycles. The van der Waals surface area contributed by atoms with Crippen LogP contribution in [0, 0.1) is 0 Å². The summed E-state index contributed by atoms with van der Waals surface area (Å²) < 4.78 is 7.57. The predicted octanol–water partition coefficient (Wildman–Crippen LogP) is 5.22. The van der Waals surface area contributed by atoms with Crippen LogP contribution in [0.2, 0.25) is 0 Å². The third kappa shape index (κ3) is 2.87. The number of ether oxygens (including phenoxy) is 1. The summed E-state index contributed by atoms with van der Waals surface area (Å²) in [5, 5.41) is 3.36. The summed E-state index contributed by atoms with van der Waals surface area (Å²) in [7, 11) is 1.65. The van der Waals surface area contributed by atoms with E-state index in [1.54, 1.807) is 7.11 Å². The van der Waals surface area contributed by atoms with E-state index in [1.165, 1.54) is 0 Å². The van der Waals surface area contributed by atoms with Gasteiger partial charge in [0.05, 0.1) is 24.2 Å². The molecule has 0 bridgehead atoms. The van der Waals surface area contributed by atoms with Gasteiger partial charge >= 0.3 is 0 Å². The summed E-state index contributed by atoms with van der Waals surface area (Å²) >= 11 is 0. The highest BCUT2D eigenvalue weighted by molar-refractivity contribution is 6.11. The highest BCUT2D eigenvalue weighted by Gasteiger charge is 2.34. The molecule has 0 unspecified atom stereocenters. The first-order valence-corrected chi connectivity index (χ1v) is 9.86. The molecule has 0 spiro atoms. The molecule has 1 aromatic heterocycles. The lowest BCUT2D eigenvalue weighted by atomic mass is 9.89. The van der Waals surface area contributed by atoms with Crippen LogP contribution in [-0.4, -0.2) is 22.4 Å². The number of nitrogens with one attached hydrogen (secondary N) is 1. The van der Waals surface area contributed by atoms with E-state index in [4.69, 9.17) is 9.72 Å². The number of ketones is 1. The summed E-state index contributed by atoms with van der Waals surface area (Å²) in [6.07, 6.45) is 0. The molecule has 0 aliphatic carbocycles. The summed E-state index contributed by atoms with van der Waals surface area (Å²) in [4.78, 5) is 18.4. The van der Waals surface area contributed by atoms with Gasteiger partial charge in [0.1, 0.15) is 5.75 Å². The van der Waals surface area contributed by atoms with Crippen LogP contribution in [0.15, 0.2) is 90.1 Å². The standard InChI is InChI=1S/C25H21N3O2/c1-16-22(24(29)17-9-4-3-5-10-17)23(18-11-8-12-19(15-18)30-2)28-21-14-7-6-13-20(21)27-25(28)26-16/h3-15,23H,1-2H3,(H,26,27)/t23-/m0/s1. The van der Waals surface area contributed by atoms with Crippen molar-refractivity contribution in [3.8, 4) is 5.75 Å². The molecule has 1 aliphatic heterocycles. The number of carbonyl (C=O) groups is 1. The van der Waals surface area contributed by atoms with E-state index in [0.717, 1.165) is 34.0 Å². The Morgan fingerprint density at radius 1 is 1.00 bits per heavy atom. The van der Waals surface area contributed by atoms with Crippen molar-refractivity contribution in [2.24, 2.45) is 0 Å². The SMILES string of the molecule is COc1cccc([C@H]2C(C(=O)c3ccccc3)=C(C)Nc3nc4ccccc4n32)c1. The van der Waals surface area contributed by atoms with E-state index in [1.807, 2.05) is 85.8 Å². The van der Waals surface area contributed by atoms with E-state index < -0.39 is 0 Å². The van der Waals surface area contributed by atoms with Gasteiger partial charge in [-0.2, -0.15) is 0 Å². The van der Waals surface area contributed by atoms with Crippen molar-refractivity contribution < 1.29 is 9.53 Å². The average molecular weight is 395 g/mol. The summed E-state index contributed by atoms with van der Waals surface area (Å²) in [5.41, 5.74) is 4.99. The number of allylic oxidation sites excluding steroid dienone is 2. The number of anilines is 1. The van der Waals surface area contributed by atoms with E-state index in [0.29, 0.717) is 11.1 Å². The van der Waals surface area contributed by atoms with Crippen molar-refractivity contribution in [3.63, 3.8) is 0 Å². The molecule has 0 amide bonds. The quantitative estimate of drug-likeness (QED) is 0.482. The zero-order chi connectivity index (χ0) is 20.7. The van der Waals surface area contributed by atoms with Crippen LogP contribution in [0.5, 0.6) is 5.75 Å². The molecular formula is C25H21N3O2. The van der Waals surface area contributed by atoms with Gasteiger partial charge in [-0.15, -0.1) is 0 Å². The molecule has 148 valence electrons. The molecule has 1 N–H and O–H groups in total. The number of aromatic nitrogens is 2. The van der Waals surface area contributed by atoms with Crippen molar-refractivity contribution in [3.05, 3.63) is 101 Å². The zero-order valence-electron chi connectivity index (χ0n) is 16.8. The first kappa shape index (κ1) is 18.2. The smallest absolute Gasteiger partial charge is 0.209 e. The second-order valence-electron chi connectivity index (χ2n) is 7.33. The van der Waals surface area contributed by atoms with Crippen LogP contribution in [0.4, 0.5) is 5.95 Å². The molecule has 0 saturated heterocycles. The maximum absolute atomic E-state index is 13.7. The fourth-order valence-corrected chi connectivity index (χ4v) is 4.13. The maximum atomic E-state index is 13.7. The lowest BCUT2D eigenvalue weighted by Gasteiger charge is -2.31. The molecular weight excluding hydrogens is 374 g/mol. The summed E-state index contributed by atoms with van der Waals surface area (Å²) in [6, 6.07) is 24.9. The van der Waals surface area contributed by atoms with Gasteiger partial charge in [-0.1, -0.05) is 54.6 Å². The number of benzene rings is 3. The number of hydrogen-bond acceptors (Lipinski definition) is 4. The molecule has 0 radical (unpaired) electrons. The number of rotatable bonds is 4. The van der Waals surface area contributed by atoms with Crippen LogP contribution in [0.25, 0.3) is 11.0 Å². The fraction of sp³-hybridized carbons (Fsp3) is 0.120. The first-order valence-electron chi connectivity index (χ1n) is 9.86. The molecule has 5 heteroatoms. The minimum absolute atomic E-state index is 0.00292. The second kappa shape index (κ2) is 7.19. The highest BCUT2D eigenvalue weighted by Crippen LogP contribution is 2.40. The van der Waals surface area contributed by atoms with E-state index in [-0.39, 0.29) is 11.8 Å². The topological polar surface area (TPSA) is 56.1 Å². The van der Waals surface area contributed by atoms with Gasteiger partial charge in [0, 0.05) is 16.8 Å². The fourth-order valence-electron chi connectivity index (χ4n) is 4.13. The molecule has 30 heavy (non-hydrogen) atoms. The van der Waals surface area contributed by atoms with Gasteiger partial charge in [-0.05, 0) is 36.8 Å². The Labute approximate surface area is 174 Å². The molecule has 0 saturated carbocycles. The number of para-hydroxylation sites is 2. The Balaban J connectivity index is 1.77. The molecule has 5 rings (SSSR count). The summed E-state index contributed by atoms with van der Waals surface area (Å²) in [5.74, 6) is 1.48. The van der Waals surface area contributed by atoms with Crippen molar-refractivity contribution >= 4 is 22.8 Å². The first-order chi connectivity index (χ1) is 14.7. The number of Topliss-reactive ketones (excluding diaryl/α,β-unsaturated/α-hetero) is 1. The zero-order valence-corrected chi connectivity index (χ0v) is 16.8. The molecule has 1 aliphatic rings. The lowest BCUT2D eigenvalue weighted by molar-refractivity contribution is 0.102. The largest absolute Gasteiger partial charge is 0.497 e. The van der Waals surface area contributed by atoms with Crippen LogP contribution in [0.3, 0.4) is 0 Å². The van der Waals surface area contributed by atoms with Gasteiger partial charge in [0.25, 0.3) is 0 Å². The Kier molecular flexibility index (Phi) is 4.36. The summed E-state index contributed by atoms with van der Waals surface area (Å²) in [6.45, 7) is 1.94. The van der Waals surface area contributed by atoms with Gasteiger partial charge in [0.15, 0.2) is 5.78 Å². The molecule has 1 atom stereocenters. The third-order valence-corrected chi connectivity index (χ3v) is 5.52. The highest BCUT2D eigenvalue weighted by atomic mass is 16.5. The minimum atomic E-state index is -0.323. The van der Waals surface area contributed by atoms with Crippen molar-refractivity contribution in [1.29, 1.82) is 0 Å². The molecule has 2 heterocycles. The molecule has 0 fully saturated rings. The van der Waals surface area contributed by atoms with E-state index in [9.17, 15) is 4.79 Å². The molecule has 5 nitrogen and oxygen atoms in total. The van der Waals surface area contributed by atoms with Gasteiger partial charge in [0.2, 0.25) is 5.95 Å². The Morgan fingerprint density at radius 3 is 2.57 bits per heavy atom. The average Bonchev–Trinajstić information content (AvgIpc) is 3.16. The van der Waals surface area contributed by atoms with Gasteiger partial charge in [-0.25, -0.2) is 4.98 Å². The van der Waals surface area contributed by atoms with Crippen molar-refractivity contribution in [2.45, 2.75) is 13.0 Å². The third-order valence-electron chi connectivity index (χ3n) is 5.52. The van der Waals surface area contributed by atoms with Crippen LogP contribution >= 0.6 is 0 Å². The van der Waals surface area contributed by atoms with Crippen molar-refractivity contribution in [1.82, 2.24) is 9.55 Å². The van der Waals surface area contributed by atoms with Gasteiger partial charge < -0.3 is 10.1 Å². The Morgan fingerprint density at radius 2 is 1.77 bits per heavy atom. The Hall–Kier alpha value is -3.86. The number of fused-ring (bicyclic) bond motifs is 3. The van der Waals surface area contributed by atoms with Crippen LogP contribution < -0.4 is 10.1 Å². The number of nitrogens with zero attached hydrogens (tertiary/aromatic N) is 2. The number of methoxy groups -OCH3 is 1. The number of carbonyl (C=O) groups excluding carboxylic acids is 1. The second-order valence-corrected chi connectivity index (χ2v) is 7.33. The normalized spacial score (nSPS) is 15.6. The van der Waals surface area contributed by atoms with E-state index in [2.05, 4.69) is 9.88 Å². The predicted molar refractivity (Wildman–Crippen MR) is 118 cm³/mol. The maximum Gasteiger partial charge on any atom is 0.209 e. The number of hydrogen-bond donors (Lipinski definition) is 1. The van der Waals surface area contributed by atoms with E-state index >= 15 is 0 Å². The minimum Gasteiger partial charge on any atom is -0.497 e. The van der Waals surface area contributed by atoms with Gasteiger partial charge in [-0.3, -0.25) is 9.36 Å². The van der Waals surface area contributed by atoms with Crippen LogP contribution in [0.1, 0.15) is 28.9 Å². The van der Waals surface area contributed by atoms with Crippen molar-refractivity contribution in [2.75, 3.05) is 12.4 Å².